The molecule has 1 N–H and O–H groups in total. The first-order chi connectivity index (χ1) is 8.16. The highest BCUT2D eigenvalue weighted by atomic mass is 79.9. The summed E-state index contributed by atoms with van der Waals surface area (Å²) in [5.41, 5.74) is 0.554. The Labute approximate surface area is 109 Å². The number of likely N-dealkylation sites (tertiary alicyclic amines) is 1. The Balaban J connectivity index is 1.83. The second-order valence-electron chi connectivity index (χ2n) is 4.49. The number of hydrogen-bond donors (Lipinski definition) is 1. The molecule has 1 fully saturated rings. The zero-order valence-corrected chi connectivity index (χ0v) is 11.5. The predicted molar refractivity (Wildman–Crippen MR) is 69.0 cm³/mol. The molecule has 0 radical (unpaired) electrons. The van der Waals surface area contributed by atoms with E-state index in [9.17, 15) is 4.79 Å². The van der Waals surface area contributed by atoms with Crippen LogP contribution in [0.1, 0.15) is 30.1 Å². The average molecular weight is 301 g/mol. The number of hydrogen-bond acceptors (Lipinski definition) is 3. The summed E-state index contributed by atoms with van der Waals surface area (Å²) in [6.45, 7) is 5.25. The fourth-order valence-electron chi connectivity index (χ4n) is 2.16. The van der Waals surface area contributed by atoms with Crippen molar-refractivity contribution in [3.05, 3.63) is 22.6 Å². The lowest BCUT2D eigenvalue weighted by atomic mass is 10.2. The second kappa shape index (κ2) is 5.69. The Hall–Kier alpha value is -0.810. The maximum Gasteiger partial charge on any atom is 0.256 e. The number of nitrogens with one attached hydrogen (secondary N) is 1. The number of halogens is 1. The van der Waals surface area contributed by atoms with Crippen molar-refractivity contribution in [2.75, 3.05) is 19.6 Å². The topological polar surface area (TPSA) is 45.5 Å². The number of nitrogens with zero attached hydrogens (tertiary/aromatic N) is 1. The second-order valence-corrected chi connectivity index (χ2v) is 5.21. The van der Waals surface area contributed by atoms with Gasteiger partial charge in [0.2, 0.25) is 0 Å². The largest absolute Gasteiger partial charge is 0.457 e. The molecule has 1 unspecified atom stereocenters. The van der Waals surface area contributed by atoms with Crippen LogP contribution in [0.15, 0.2) is 21.4 Å². The highest BCUT2D eigenvalue weighted by Crippen LogP contribution is 2.17. The molecule has 1 saturated heterocycles. The Bertz CT molecular complexity index is 386. The van der Waals surface area contributed by atoms with Gasteiger partial charge in [-0.3, -0.25) is 4.79 Å². The zero-order chi connectivity index (χ0) is 12.3. The molecule has 1 aromatic rings. The zero-order valence-electron chi connectivity index (χ0n) is 9.91. The van der Waals surface area contributed by atoms with Gasteiger partial charge in [0.25, 0.3) is 5.91 Å². The van der Waals surface area contributed by atoms with E-state index >= 15 is 0 Å². The van der Waals surface area contributed by atoms with Gasteiger partial charge in [-0.05, 0) is 54.9 Å². The number of amides is 1. The first-order valence-corrected chi connectivity index (χ1v) is 6.72. The molecule has 0 saturated carbocycles. The summed E-state index contributed by atoms with van der Waals surface area (Å²) in [7, 11) is 0. The monoisotopic (exact) mass is 300 g/mol. The lowest BCUT2D eigenvalue weighted by molar-refractivity contribution is 0.0930. The summed E-state index contributed by atoms with van der Waals surface area (Å²) in [5, 5.41) is 2.98. The van der Waals surface area contributed by atoms with Gasteiger partial charge in [0, 0.05) is 12.6 Å². The molecule has 1 aliphatic heterocycles. The Morgan fingerprint density at radius 1 is 1.59 bits per heavy atom. The Kier molecular flexibility index (Phi) is 4.23. The maximum absolute atomic E-state index is 11.9. The quantitative estimate of drug-likeness (QED) is 0.928. The first kappa shape index (κ1) is 12.6. The Morgan fingerprint density at radius 3 is 2.88 bits per heavy atom. The minimum absolute atomic E-state index is 0.0858. The summed E-state index contributed by atoms with van der Waals surface area (Å²) in [6, 6.07) is 1.82. The minimum atomic E-state index is -0.0858. The summed E-state index contributed by atoms with van der Waals surface area (Å²) < 4.78 is 5.54. The molecule has 0 bridgehead atoms. The predicted octanol–water partition coefficient (Wildman–Crippen LogP) is 2.26. The summed E-state index contributed by atoms with van der Waals surface area (Å²) in [6.07, 6.45) is 4.05. The van der Waals surface area contributed by atoms with Crippen LogP contribution in [0, 0.1) is 0 Å². The van der Waals surface area contributed by atoms with E-state index in [-0.39, 0.29) is 11.9 Å². The molecule has 17 heavy (non-hydrogen) atoms. The van der Waals surface area contributed by atoms with Gasteiger partial charge < -0.3 is 14.6 Å². The molecule has 0 aromatic carbocycles. The highest BCUT2D eigenvalue weighted by molar-refractivity contribution is 9.10. The normalized spacial score (nSPS) is 18.2. The van der Waals surface area contributed by atoms with E-state index in [4.69, 9.17) is 4.42 Å². The van der Waals surface area contributed by atoms with Crippen molar-refractivity contribution in [1.82, 2.24) is 10.2 Å². The summed E-state index contributed by atoms with van der Waals surface area (Å²) >= 11 is 3.21. The fraction of sp³-hybridized carbons (Fsp3) is 0.583. The van der Waals surface area contributed by atoms with Gasteiger partial charge in [0.15, 0.2) is 4.67 Å². The van der Waals surface area contributed by atoms with E-state index in [0.29, 0.717) is 10.2 Å². The van der Waals surface area contributed by atoms with Crippen LogP contribution >= 0.6 is 15.9 Å². The van der Waals surface area contributed by atoms with Gasteiger partial charge >= 0.3 is 0 Å². The molecule has 94 valence electrons. The molecule has 5 heteroatoms. The van der Waals surface area contributed by atoms with E-state index in [2.05, 4.69) is 26.1 Å². The van der Waals surface area contributed by atoms with Crippen molar-refractivity contribution in [3.63, 3.8) is 0 Å². The van der Waals surface area contributed by atoms with E-state index in [1.165, 1.54) is 19.1 Å². The van der Waals surface area contributed by atoms with Gasteiger partial charge in [-0.2, -0.15) is 0 Å². The van der Waals surface area contributed by atoms with Crippen LogP contribution in [-0.2, 0) is 0 Å². The third-order valence-corrected chi connectivity index (χ3v) is 3.58. The lowest BCUT2D eigenvalue weighted by Gasteiger charge is -2.20. The minimum Gasteiger partial charge on any atom is -0.457 e. The molecular formula is C12H17BrN2O2. The smallest absolute Gasteiger partial charge is 0.256 e. The molecule has 2 rings (SSSR count). The van der Waals surface area contributed by atoms with Crippen molar-refractivity contribution in [1.29, 1.82) is 0 Å². The molecule has 1 amide bonds. The van der Waals surface area contributed by atoms with Crippen molar-refractivity contribution >= 4 is 21.8 Å². The van der Waals surface area contributed by atoms with Crippen LogP contribution in [0.3, 0.4) is 0 Å². The number of carbonyl (C=O) groups is 1. The Morgan fingerprint density at radius 2 is 2.29 bits per heavy atom. The molecule has 4 nitrogen and oxygen atoms in total. The maximum atomic E-state index is 11.9. The van der Waals surface area contributed by atoms with E-state index in [1.54, 1.807) is 6.07 Å². The van der Waals surface area contributed by atoms with Gasteiger partial charge in [-0.25, -0.2) is 0 Å². The standard InChI is InChI=1S/C12H17BrN2O2/c1-9(8-15-5-2-3-6-15)14-12(16)10-4-7-17-11(10)13/h4,7,9H,2-3,5-6,8H2,1H3,(H,14,16). The lowest BCUT2D eigenvalue weighted by Crippen LogP contribution is -2.41. The van der Waals surface area contributed by atoms with Crippen molar-refractivity contribution < 1.29 is 9.21 Å². The number of furan rings is 1. The molecule has 1 aromatic heterocycles. The van der Waals surface area contributed by atoms with Crippen molar-refractivity contribution in [2.24, 2.45) is 0 Å². The van der Waals surface area contributed by atoms with E-state index < -0.39 is 0 Å². The van der Waals surface area contributed by atoms with Crippen LogP contribution in [0.25, 0.3) is 0 Å². The SMILES string of the molecule is CC(CN1CCCC1)NC(=O)c1ccoc1Br. The van der Waals surface area contributed by atoms with Gasteiger partial charge in [0.05, 0.1) is 11.8 Å². The number of carbonyl (C=O) groups excluding carboxylic acids is 1. The molecule has 1 aliphatic rings. The molecule has 0 spiro atoms. The van der Waals surface area contributed by atoms with Crippen molar-refractivity contribution in [3.8, 4) is 0 Å². The fourth-order valence-corrected chi connectivity index (χ4v) is 2.58. The van der Waals surface area contributed by atoms with E-state index in [0.717, 1.165) is 19.6 Å². The molecule has 2 heterocycles. The summed E-state index contributed by atoms with van der Waals surface area (Å²) in [5.74, 6) is -0.0858. The van der Waals surface area contributed by atoms with Gasteiger partial charge in [0.1, 0.15) is 0 Å². The van der Waals surface area contributed by atoms with Crippen LogP contribution in [0.5, 0.6) is 0 Å². The highest BCUT2D eigenvalue weighted by Gasteiger charge is 2.18. The van der Waals surface area contributed by atoms with E-state index in [1.807, 2.05) is 6.92 Å². The van der Waals surface area contributed by atoms with Gasteiger partial charge in [-0.15, -0.1) is 0 Å². The third kappa shape index (κ3) is 3.33. The molecule has 1 atom stereocenters. The average Bonchev–Trinajstić information content (AvgIpc) is 2.88. The number of rotatable bonds is 4. The van der Waals surface area contributed by atoms with Crippen LogP contribution in [-0.4, -0.2) is 36.5 Å². The van der Waals surface area contributed by atoms with Crippen molar-refractivity contribution in [2.45, 2.75) is 25.8 Å². The van der Waals surface area contributed by atoms with Crippen LogP contribution in [0.4, 0.5) is 0 Å². The summed E-state index contributed by atoms with van der Waals surface area (Å²) in [4.78, 5) is 14.3. The molecule has 0 aliphatic carbocycles. The van der Waals surface area contributed by atoms with Crippen LogP contribution in [0.2, 0.25) is 0 Å². The van der Waals surface area contributed by atoms with Crippen LogP contribution < -0.4 is 5.32 Å². The molecular weight excluding hydrogens is 284 g/mol. The third-order valence-electron chi connectivity index (χ3n) is 2.97. The first-order valence-electron chi connectivity index (χ1n) is 5.93. The van der Waals surface area contributed by atoms with Gasteiger partial charge in [-0.1, -0.05) is 0 Å².